The van der Waals surface area contributed by atoms with Crippen molar-refractivity contribution in [3.05, 3.63) is 12.0 Å². The summed E-state index contributed by atoms with van der Waals surface area (Å²) in [7, 11) is 1.84. The minimum atomic E-state index is 0.412. The highest BCUT2D eigenvalue weighted by molar-refractivity contribution is 5.43. The molecule has 0 saturated carbocycles. The molecular formula is C6H7N3O. The van der Waals surface area contributed by atoms with Crippen LogP contribution in [0.4, 0.5) is 5.82 Å². The molecule has 0 N–H and O–H groups in total. The average molecular weight is 137 g/mol. The van der Waals surface area contributed by atoms with E-state index in [1.165, 1.54) is 6.08 Å². The zero-order valence-corrected chi connectivity index (χ0v) is 5.83. The molecule has 1 heterocycles. The maximum absolute atomic E-state index is 9.75. The first-order valence-electron chi connectivity index (χ1n) is 2.82. The quantitative estimate of drug-likeness (QED) is 0.422. The Kier molecular flexibility index (Phi) is 1.65. The number of imidazole rings is 1. The Morgan fingerprint density at radius 1 is 1.80 bits per heavy atom. The van der Waals surface area contributed by atoms with E-state index < -0.39 is 0 Å². The van der Waals surface area contributed by atoms with Crippen LogP contribution in [-0.4, -0.2) is 15.6 Å². The topological polar surface area (TPSA) is 47.2 Å². The lowest BCUT2D eigenvalue weighted by atomic mass is 10.7. The second kappa shape index (κ2) is 2.45. The number of rotatable bonds is 1. The molecule has 4 heteroatoms. The van der Waals surface area contributed by atoms with Crippen LogP contribution in [-0.2, 0) is 11.8 Å². The van der Waals surface area contributed by atoms with Crippen molar-refractivity contribution in [1.82, 2.24) is 9.55 Å². The molecule has 0 atom stereocenters. The minimum absolute atomic E-state index is 0.412. The van der Waals surface area contributed by atoms with E-state index >= 15 is 0 Å². The molecule has 52 valence electrons. The van der Waals surface area contributed by atoms with Gasteiger partial charge in [-0.25, -0.2) is 9.78 Å². The van der Waals surface area contributed by atoms with E-state index in [9.17, 15) is 4.79 Å². The number of nitrogens with zero attached hydrogens (tertiary/aromatic N) is 3. The van der Waals surface area contributed by atoms with Crippen molar-refractivity contribution >= 4 is 11.9 Å². The van der Waals surface area contributed by atoms with Gasteiger partial charge in [0.25, 0.3) is 0 Å². The highest BCUT2D eigenvalue weighted by Crippen LogP contribution is 2.07. The number of hydrogen-bond donors (Lipinski definition) is 0. The second-order valence-electron chi connectivity index (χ2n) is 1.96. The maximum Gasteiger partial charge on any atom is 0.242 e. The van der Waals surface area contributed by atoms with Gasteiger partial charge in [-0.1, -0.05) is 0 Å². The molecule has 0 spiro atoms. The number of carbonyl (C=O) groups excluding carboxylic acids is 1. The Morgan fingerprint density at radius 3 is 2.90 bits per heavy atom. The summed E-state index contributed by atoms with van der Waals surface area (Å²) in [5.74, 6) is 1.24. The van der Waals surface area contributed by atoms with E-state index in [-0.39, 0.29) is 0 Å². The normalized spacial score (nSPS) is 9.00. The molecule has 1 rings (SSSR count). The maximum atomic E-state index is 9.75. The standard InChI is InChI=1S/C6H7N3O/c1-5-8-6(7-4-10)3-9(5)2/h3H,1-2H3. The molecule has 10 heavy (non-hydrogen) atoms. The first-order chi connectivity index (χ1) is 4.74. The molecule has 1 aromatic heterocycles. The largest absolute Gasteiger partial charge is 0.336 e. The average Bonchev–Trinajstić information content (AvgIpc) is 2.14. The van der Waals surface area contributed by atoms with Crippen LogP contribution in [0, 0.1) is 6.92 Å². The Bertz CT molecular complexity index is 264. The van der Waals surface area contributed by atoms with Gasteiger partial charge in [-0.2, -0.15) is 0 Å². The molecule has 0 aromatic carbocycles. The number of isocyanates is 1. The van der Waals surface area contributed by atoms with Crippen LogP contribution in [0.1, 0.15) is 5.82 Å². The predicted octanol–water partition coefficient (Wildman–Crippen LogP) is 0.696. The molecule has 0 aliphatic heterocycles. The van der Waals surface area contributed by atoms with Gasteiger partial charge >= 0.3 is 0 Å². The van der Waals surface area contributed by atoms with Gasteiger partial charge in [0.2, 0.25) is 6.08 Å². The SMILES string of the molecule is Cc1nc(N=C=O)cn1C. The predicted molar refractivity (Wildman–Crippen MR) is 35.7 cm³/mol. The van der Waals surface area contributed by atoms with Crippen LogP contribution in [0.5, 0.6) is 0 Å². The highest BCUT2D eigenvalue weighted by atomic mass is 16.1. The zero-order chi connectivity index (χ0) is 7.56. The number of hydrogen-bond acceptors (Lipinski definition) is 3. The van der Waals surface area contributed by atoms with Gasteiger partial charge in [-0.05, 0) is 6.92 Å². The van der Waals surface area contributed by atoms with Gasteiger partial charge in [-0.3, -0.25) is 0 Å². The fourth-order valence-electron chi connectivity index (χ4n) is 0.641. The summed E-state index contributed by atoms with van der Waals surface area (Å²) in [6.07, 6.45) is 3.09. The molecule has 0 aliphatic rings. The summed E-state index contributed by atoms with van der Waals surface area (Å²) in [4.78, 5) is 17.0. The van der Waals surface area contributed by atoms with Crippen molar-refractivity contribution in [3.8, 4) is 0 Å². The number of aryl methyl sites for hydroxylation is 2. The minimum Gasteiger partial charge on any atom is -0.336 e. The zero-order valence-electron chi connectivity index (χ0n) is 5.83. The summed E-state index contributed by atoms with van der Waals surface area (Å²) >= 11 is 0. The van der Waals surface area contributed by atoms with Crippen molar-refractivity contribution in [1.29, 1.82) is 0 Å². The fraction of sp³-hybridized carbons (Fsp3) is 0.333. The Hall–Kier alpha value is -1.41. The van der Waals surface area contributed by atoms with Gasteiger partial charge in [0, 0.05) is 7.05 Å². The summed E-state index contributed by atoms with van der Waals surface area (Å²) in [6, 6.07) is 0. The summed E-state index contributed by atoms with van der Waals surface area (Å²) in [5, 5.41) is 0. The summed E-state index contributed by atoms with van der Waals surface area (Å²) < 4.78 is 1.79. The molecular weight excluding hydrogens is 130 g/mol. The molecule has 4 nitrogen and oxygen atoms in total. The lowest BCUT2D eigenvalue weighted by Gasteiger charge is -1.86. The molecule has 1 aromatic rings. The Balaban J connectivity index is 3.09. The van der Waals surface area contributed by atoms with Crippen molar-refractivity contribution in [2.45, 2.75) is 6.92 Å². The molecule has 0 bridgehead atoms. The van der Waals surface area contributed by atoms with E-state index in [4.69, 9.17) is 0 Å². The number of aromatic nitrogens is 2. The lowest BCUT2D eigenvalue weighted by molar-refractivity contribution is 0.565. The van der Waals surface area contributed by atoms with E-state index in [1.54, 1.807) is 10.8 Å². The molecule has 0 saturated heterocycles. The van der Waals surface area contributed by atoms with Crippen LogP contribution in [0.2, 0.25) is 0 Å². The van der Waals surface area contributed by atoms with Gasteiger partial charge in [-0.15, -0.1) is 4.99 Å². The third-order valence-electron chi connectivity index (χ3n) is 1.26. The second-order valence-corrected chi connectivity index (χ2v) is 1.96. The first kappa shape index (κ1) is 6.71. The van der Waals surface area contributed by atoms with Crippen molar-refractivity contribution in [2.75, 3.05) is 0 Å². The van der Waals surface area contributed by atoms with Crippen molar-refractivity contribution < 1.29 is 4.79 Å². The third kappa shape index (κ3) is 1.11. The Labute approximate surface area is 58.2 Å². The van der Waals surface area contributed by atoms with Crippen molar-refractivity contribution in [2.24, 2.45) is 12.0 Å². The fourth-order valence-corrected chi connectivity index (χ4v) is 0.641. The molecule has 0 radical (unpaired) electrons. The number of aliphatic imine (C=N–C) groups is 1. The van der Waals surface area contributed by atoms with Gasteiger partial charge in [0.15, 0.2) is 5.82 Å². The lowest BCUT2D eigenvalue weighted by Crippen LogP contribution is -1.86. The van der Waals surface area contributed by atoms with Gasteiger partial charge < -0.3 is 4.57 Å². The van der Waals surface area contributed by atoms with E-state index in [1.807, 2.05) is 14.0 Å². The third-order valence-corrected chi connectivity index (χ3v) is 1.26. The summed E-state index contributed by atoms with van der Waals surface area (Å²) in [6.45, 7) is 1.84. The van der Waals surface area contributed by atoms with Crippen LogP contribution < -0.4 is 0 Å². The van der Waals surface area contributed by atoms with E-state index in [0.29, 0.717) is 5.82 Å². The van der Waals surface area contributed by atoms with Crippen LogP contribution in [0.3, 0.4) is 0 Å². The van der Waals surface area contributed by atoms with E-state index in [0.717, 1.165) is 5.82 Å². The van der Waals surface area contributed by atoms with E-state index in [2.05, 4.69) is 9.98 Å². The summed E-state index contributed by atoms with van der Waals surface area (Å²) in [5.41, 5.74) is 0. The molecule has 0 unspecified atom stereocenters. The molecule has 0 aliphatic carbocycles. The van der Waals surface area contributed by atoms with Gasteiger partial charge in [0.05, 0.1) is 6.20 Å². The van der Waals surface area contributed by atoms with Crippen LogP contribution in [0.25, 0.3) is 0 Å². The monoisotopic (exact) mass is 137 g/mol. The smallest absolute Gasteiger partial charge is 0.242 e. The van der Waals surface area contributed by atoms with Crippen molar-refractivity contribution in [3.63, 3.8) is 0 Å². The van der Waals surface area contributed by atoms with Crippen LogP contribution >= 0.6 is 0 Å². The Morgan fingerprint density at radius 2 is 2.50 bits per heavy atom. The van der Waals surface area contributed by atoms with Gasteiger partial charge in [0.1, 0.15) is 5.82 Å². The highest BCUT2D eigenvalue weighted by Gasteiger charge is 1.96. The first-order valence-corrected chi connectivity index (χ1v) is 2.82. The molecule has 0 amide bonds. The molecule has 0 fully saturated rings. The van der Waals surface area contributed by atoms with Crippen LogP contribution in [0.15, 0.2) is 11.2 Å².